The molecule has 4 rings (SSSR count). The van der Waals surface area contributed by atoms with Crippen molar-refractivity contribution in [2.75, 3.05) is 5.32 Å². The Morgan fingerprint density at radius 3 is 2.63 bits per heavy atom. The summed E-state index contributed by atoms with van der Waals surface area (Å²) >= 11 is 5.87. The van der Waals surface area contributed by atoms with Crippen LogP contribution in [-0.4, -0.2) is 16.0 Å². The number of hydrogen-bond acceptors (Lipinski definition) is 2. The number of aromatic nitrogens is 2. The number of nitrogens with one attached hydrogen (secondary N) is 3. The van der Waals surface area contributed by atoms with Gasteiger partial charge in [-0.3, -0.25) is 0 Å². The summed E-state index contributed by atoms with van der Waals surface area (Å²) in [5.74, 6) is 0.765. The number of aromatic amines is 1. The van der Waals surface area contributed by atoms with E-state index in [0.717, 1.165) is 28.0 Å². The van der Waals surface area contributed by atoms with Crippen molar-refractivity contribution in [3.63, 3.8) is 0 Å². The van der Waals surface area contributed by atoms with Crippen LogP contribution >= 0.6 is 11.6 Å². The van der Waals surface area contributed by atoms with Crippen LogP contribution in [0.4, 0.5) is 10.5 Å². The van der Waals surface area contributed by atoms with E-state index in [2.05, 4.69) is 20.6 Å². The SMILES string of the molecule is O=C(NCc1ccc(Cl)cc1)Nc1cccc(-c2nc3ccccc3[nH]2)c1. The average Bonchev–Trinajstić information content (AvgIpc) is 3.12. The van der Waals surface area contributed by atoms with Crippen molar-refractivity contribution in [2.45, 2.75) is 6.54 Å². The zero-order valence-corrected chi connectivity index (χ0v) is 15.1. The number of fused-ring (bicyclic) bond motifs is 1. The molecule has 0 aliphatic heterocycles. The van der Waals surface area contributed by atoms with Gasteiger partial charge in [0, 0.05) is 22.8 Å². The highest BCUT2D eigenvalue weighted by Crippen LogP contribution is 2.23. The van der Waals surface area contributed by atoms with Crippen LogP contribution in [-0.2, 0) is 6.54 Å². The van der Waals surface area contributed by atoms with Crippen molar-refractivity contribution < 1.29 is 4.79 Å². The molecule has 0 atom stereocenters. The van der Waals surface area contributed by atoms with E-state index in [4.69, 9.17) is 11.6 Å². The van der Waals surface area contributed by atoms with Gasteiger partial charge in [0.15, 0.2) is 0 Å². The van der Waals surface area contributed by atoms with Crippen molar-refractivity contribution in [2.24, 2.45) is 0 Å². The zero-order chi connectivity index (χ0) is 18.6. The molecule has 1 heterocycles. The van der Waals surface area contributed by atoms with Gasteiger partial charge < -0.3 is 15.6 Å². The third kappa shape index (κ3) is 4.10. The quantitative estimate of drug-likeness (QED) is 0.458. The first kappa shape index (κ1) is 17.1. The number of para-hydroxylation sites is 2. The number of carbonyl (C=O) groups excluding carboxylic acids is 1. The minimum Gasteiger partial charge on any atom is -0.338 e. The molecule has 3 N–H and O–H groups in total. The van der Waals surface area contributed by atoms with Gasteiger partial charge in [0.2, 0.25) is 0 Å². The first-order valence-electron chi connectivity index (χ1n) is 8.52. The van der Waals surface area contributed by atoms with Gasteiger partial charge in [-0.2, -0.15) is 0 Å². The second-order valence-corrected chi connectivity index (χ2v) is 6.55. The van der Waals surface area contributed by atoms with Crippen LogP contribution in [0, 0.1) is 0 Å². The lowest BCUT2D eigenvalue weighted by Gasteiger charge is -2.09. The average molecular weight is 377 g/mol. The predicted octanol–water partition coefficient (Wildman–Crippen LogP) is 5.21. The lowest BCUT2D eigenvalue weighted by atomic mass is 10.2. The van der Waals surface area contributed by atoms with E-state index in [-0.39, 0.29) is 6.03 Å². The molecular formula is C21H17ClN4O. The number of urea groups is 1. The normalized spacial score (nSPS) is 10.7. The molecule has 0 bridgehead atoms. The predicted molar refractivity (Wildman–Crippen MR) is 109 cm³/mol. The molecule has 5 nitrogen and oxygen atoms in total. The molecule has 4 aromatic rings. The third-order valence-electron chi connectivity index (χ3n) is 4.15. The van der Waals surface area contributed by atoms with Gasteiger partial charge >= 0.3 is 6.03 Å². The molecule has 0 spiro atoms. The van der Waals surface area contributed by atoms with Crippen LogP contribution in [0.3, 0.4) is 0 Å². The van der Waals surface area contributed by atoms with Crippen molar-refractivity contribution in [3.8, 4) is 11.4 Å². The fraction of sp³-hybridized carbons (Fsp3) is 0.0476. The van der Waals surface area contributed by atoms with Crippen LogP contribution < -0.4 is 10.6 Å². The summed E-state index contributed by atoms with van der Waals surface area (Å²) in [6.45, 7) is 0.423. The first-order valence-corrected chi connectivity index (χ1v) is 8.90. The lowest BCUT2D eigenvalue weighted by molar-refractivity contribution is 0.251. The molecule has 0 aliphatic carbocycles. The molecule has 27 heavy (non-hydrogen) atoms. The summed E-state index contributed by atoms with van der Waals surface area (Å²) < 4.78 is 0. The van der Waals surface area contributed by atoms with E-state index in [1.165, 1.54) is 0 Å². The molecule has 1 aromatic heterocycles. The number of amides is 2. The second kappa shape index (κ2) is 7.51. The van der Waals surface area contributed by atoms with Gasteiger partial charge in [0.1, 0.15) is 5.82 Å². The highest BCUT2D eigenvalue weighted by atomic mass is 35.5. The standard InChI is InChI=1S/C21H17ClN4O/c22-16-10-8-14(9-11-16)13-23-21(27)24-17-5-3-4-15(12-17)20-25-18-6-1-2-7-19(18)26-20/h1-12H,13H2,(H,25,26)(H2,23,24,27). The molecule has 0 saturated carbocycles. The molecule has 0 unspecified atom stereocenters. The number of nitrogens with zero attached hydrogens (tertiary/aromatic N) is 1. The minimum absolute atomic E-state index is 0.272. The molecule has 134 valence electrons. The van der Waals surface area contributed by atoms with E-state index < -0.39 is 0 Å². The van der Waals surface area contributed by atoms with Crippen molar-refractivity contribution >= 4 is 34.4 Å². The van der Waals surface area contributed by atoms with Gasteiger partial charge in [0.25, 0.3) is 0 Å². The Morgan fingerprint density at radius 1 is 1.00 bits per heavy atom. The fourth-order valence-corrected chi connectivity index (χ4v) is 2.92. The van der Waals surface area contributed by atoms with Crippen LogP contribution in [0.15, 0.2) is 72.8 Å². The number of carbonyl (C=O) groups is 1. The number of H-pyrrole nitrogens is 1. The summed E-state index contributed by atoms with van der Waals surface area (Å²) in [4.78, 5) is 20.1. The van der Waals surface area contributed by atoms with Crippen molar-refractivity contribution in [1.29, 1.82) is 0 Å². The van der Waals surface area contributed by atoms with Gasteiger partial charge in [-0.05, 0) is 42.0 Å². The van der Waals surface area contributed by atoms with Gasteiger partial charge in [0.05, 0.1) is 11.0 Å². The molecule has 0 saturated heterocycles. The number of rotatable bonds is 4. The van der Waals surface area contributed by atoms with Crippen LogP contribution in [0.1, 0.15) is 5.56 Å². The third-order valence-corrected chi connectivity index (χ3v) is 4.40. The van der Waals surface area contributed by atoms with E-state index in [0.29, 0.717) is 17.3 Å². The summed E-state index contributed by atoms with van der Waals surface area (Å²) in [6, 6.07) is 22.5. The largest absolute Gasteiger partial charge is 0.338 e. The van der Waals surface area contributed by atoms with E-state index >= 15 is 0 Å². The van der Waals surface area contributed by atoms with Crippen molar-refractivity contribution in [3.05, 3.63) is 83.4 Å². The summed E-state index contributed by atoms with van der Waals surface area (Å²) in [7, 11) is 0. The maximum Gasteiger partial charge on any atom is 0.319 e. The maximum absolute atomic E-state index is 12.2. The molecule has 3 aromatic carbocycles. The number of hydrogen-bond donors (Lipinski definition) is 3. The number of halogens is 1. The smallest absolute Gasteiger partial charge is 0.319 e. The Hall–Kier alpha value is -3.31. The molecule has 0 fully saturated rings. The molecule has 0 aliphatic rings. The Labute approximate surface area is 161 Å². The number of anilines is 1. The first-order chi connectivity index (χ1) is 13.2. The fourth-order valence-electron chi connectivity index (χ4n) is 2.79. The summed E-state index contributed by atoms with van der Waals surface area (Å²) in [5, 5.41) is 6.35. The Morgan fingerprint density at radius 2 is 1.81 bits per heavy atom. The van der Waals surface area contributed by atoms with Crippen LogP contribution in [0.5, 0.6) is 0 Å². The number of imidazole rings is 1. The maximum atomic E-state index is 12.2. The second-order valence-electron chi connectivity index (χ2n) is 6.12. The lowest BCUT2D eigenvalue weighted by Crippen LogP contribution is -2.28. The van der Waals surface area contributed by atoms with Gasteiger partial charge in [-0.25, -0.2) is 9.78 Å². The zero-order valence-electron chi connectivity index (χ0n) is 14.4. The van der Waals surface area contributed by atoms with E-state index in [9.17, 15) is 4.79 Å². The molecular weight excluding hydrogens is 360 g/mol. The Balaban J connectivity index is 1.44. The summed E-state index contributed by atoms with van der Waals surface area (Å²) in [6.07, 6.45) is 0. The molecule has 2 amide bonds. The topological polar surface area (TPSA) is 69.8 Å². The van der Waals surface area contributed by atoms with Gasteiger partial charge in [-0.15, -0.1) is 0 Å². The minimum atomic E-state index is -0.272. The van der Waals surface area contributed by atoms with Crippen LogP contribution in [0.25, 0.3) is 22.4 Å². The monoisotopic (exact) mass is 376 g/mol. The van der Waals surface area contributed by atoms with Crippen LogP contribution in [0.2, 0.25) is 5.02 Å². The highest BCUT2D eigenvalue weighted by molar-refractivity contribution is 6.30. The van der Waals surface area contributed by atoms with E-state index in [1.807, 2.05) is 60.7 Å². The molecule has 6 heteroatoms. The van der Waals surface area contributed by atoms with Crippen molar-refractivity contribution in [1.82, 2.24) is 15.3 Å². The van der Waals surface area contributed by atoms with E-state index in [1.54, 1.807) is 12.1 Å². The van der Waals surface area contributed by atoms with Gasteiger partial charge in [-0.1, -0.05) is 48.0 Å². The highest BCUT2D eigenvalue weighted by Gasteiger charge is 2.07. The molecule has 0 radical (unpaired) electrons. The summed E-state index contributed by atoms with van der Waals surface area (Å²) in [5.41, 5.74) is 4.46. The Bertz CT molecular complexity index is 1060. The number of benzene rings is 3. The Kier molecular flexibility index (Phi) is 4.77.